The summed E-state index contributed by atoms with van der Waals surface area (Å²) in [5, 5.41) is 18.4. The van der Waals surface area contributed by atoms with Crippen molar-refractivity contribution in [3.63, 3.8) is 0 Å². The number of hydrogen-bond donors (Lipinski definition) is 3. The molecular weight excluding hydrogens is 288 g/mol. The van der Waals surface area contributed by atoms with Crippen LogP contribution >= 0.6 is 11.3 Å². The molecule has 0 saturated heterocycles. The van der Waals surface area contributed by atoms with E-state index in [1.807, 2.05) is 22.9 Å². The number of hydrogen-bond acceptors (Lipinski definition) is 3. The molecular formula is C15H16N2O3S. The largest absolute Gasteiger partial charge is 0.478 e. The van der Waals surface area contributed by atoms with Crippen molar-refractivity contribution in [1.82, 2.24) is 10.6 Å². The molecule has 0 bridgehead atoms. The average Bonchev–Trinajstić information content (AvgIpc) is 2.99. The normalized spacial score (nSPS) is 10.1. The summed E-state index contributed by atoms with van der Waals surface area (Å²) in [6.45, 7) is 0.961. The fourth-order valence-electron chi connectivity index (χ4n) is 1.82. The Bertz CT molecular complexity index is 611. The summed E-state index contributed by atoms with van der Waals surface area (Å²) in [6.07, 6.45) is 0.590. The lowest BCUT2D eigenvalue weighted by atomic mass is 10.1. The number of aromatic carboxylic acids is 1. The van der Waals surface area contributed by atoms with E-state index >= 15 is 0 Å². The summed E-state index contributed by atoms with van der Waals surface area (Å²) in [7, 11) is 0. The van der Waals surface area contributed by atoms with Gasteiger partial charge in [-0.15, -0.1) is 0 Å². The Morgan fingerprint density at radius 1 is 1.14 bits per heavy atom. The van der Waals surface area contributed by atoms with Crippen molar-refractivity contribution < 1.29 is 14.7 Å². The third-order valence-corrected chi connectivity index (χ3v) is 3.64. The average molecular weight is 304 g/mol. The van der Waals surface area contributed by atoms with Gasteiger partial charge in [-0.25, -0.2) is 9.59 Å². The number of nitrogens with one attached hydrogen (secondary N) is 2. The SMILES string of the molecule is O=C(NCCc1cccc(C(=O)O)c1)NCc1ccsc1. The molecule has 1 aromatic heterocycles. The van der Waals surface area contributed by atoms with Crippen molar-refractivity contribution in [1.29, 1.82) is 0 Å². The fraction of sp³-hybridized carbons (Fsp3) is 0.200. The van der Waals surface area contributed by atoms with Gasteiger partial charge in [-0.1, -0.05) is 12.1 Å². The van der Waals surface area contributed by atoms with Crippen LogP contribution in [0.4, 0.5) is 4.79 Å². The highest BCUT2D eigenvalue weighted by Crippen LogP contribution is 2.06. The second-order valence-corrected chi connectivity index (χ2v) is 5.28. The summed E-state index contributed by atoms with van der Waals surface area (Å²) in [4.78, 5) is 22.4. The predicted octanol–water partition coefficient (Wildman–Crippen LogP) is 2.49. The molecule has 0 saturated carbocycles. The number of thiophene rings is 1. The first-order chi connectivity index (χ1) is 10.1. The molecule has 0 radical (unpaired) electrons. The molecule has 0 aliphatic rings. The molecule has 0 aliphatic carbocycles. The molecule has 0 spiro atoms. The van der Waals surface area contributed by atoms with Crippen LogP contribution in [0.3, 0.4) is 0 Å². The van der Waals surface area contributed by atoms with Crippen LogP contribution in [-0.4, -0.2) is 23.7 Å². The number of benzene rings is 1. The predicted molar refractivity (Wildman–Crippen MR) is 81.7 cm³/mol. The topological polar surface area (TPSA) is 78.4 Å². The van der Waals surface area contributed by atoms with Gasteiger partial charge in [0.15, 0.2) is 0 Å². The standard InChI is InChI=1S/C15H16N2O3S/c18-14(19)13-3-1-2-11(8-13)4-6-16-15(20)17-9-12-5-7-21-10-12/h1-3,5,7-8,10H,4,6,9H2,(H,18,19)(H2,16,17,20). The third kappa shape index (κ3) is 4.92. The maximum Gasteiger partial charge on any atom is 0.335 e. The Balaban J connectivity index is 1.72. The molecule has 0 unspecified atom stereocenters. The molecule has 3 N–H and O–H groups in total. The third-order valence-electron chi connectivity index (χ3n) is 2.91. The van der Waals surface area contributed by atoms with Gasteiger partial charge in [0.05, 0.1) is 5.56 Å². The van der Waals surface area contributed by atoms with Crippen LogP contribution in [0.15, 0.2) is 41.1 Å². The van der Waals surface area contributed by atoms with Crippen LogP contribution in [-0.2, 0) is 13.0 Å². The van der Waals surface area contributed by atoms with E-state index < -0.39 is 5.97 Å². The molecule has 0 fully saturated rings. The van der Waals surface area contributed by atoms with Crippen LogP contribution in [0, 0.1) is 0 Å². The highest BCUT2D eigenvalue weighted by Gasteiger charge is 2.04. The first-order valence-electron chi connectivity index (χ1n) is 6.50. The van der Waals surface area contributed by atoms with Crippen molar-refractivity contribution in [2.75, 3.05) is 6.54 Å². The van der Waals surface area contributed by atoms with Gasteiger partial charge in [0, 0.05) is 13.1 Å². The van der Waals surface area contributed by atoms with Crippen LogP contribution in [0.25, 0.3) is 0 Å². The molecule has 2 rings (SSSR count). The smallest absolute Gasteiger partial charge is 0.335 e. The number of carbonyl (C=O) groups is 2. The number of rotatable bonds is 6. The van der Waals surface area contributed by atoms with Crippen molar-refractivity contribution >= 4 is 23.3 Å². The van der Waals surface area contributed by atoms with Gasteiger partial charge in [-0.3, -0.25) is 0 Å². The second-order valence-electron chi connectivity index (χ2n) is 4.50. The van der Waals surface area contributed by atoms with E-state index in [1.54, 1.807) is 29.5 Å². The summed E-state index contributed by atoms with van der Waals surface area (Å²) >= 11 is 1.59. The molecule has 0 aliphatic heterocycles. The Labute approximate surface area is 126 Å². The summed E-state index contributed by atoms with van der Waals surface area (Å²) in [5.74, 6) is -0.946. The van der Waals surface area contributed by atoms with Gasteiger partial charge >= 0.3 is 12.0 Å². The summed E-state index contributed by atoms with van der Waals surface area (Å²) in [6, 6.07) is 8.45. The van der Waals surface area contributed by atoms with E-state index in [1.165, 1.54) is 0 Å². The van der Waals surface area contributed by atoms with Gasteiger partial charge < -0.3 is 15.7 Å². The highest BCUT2D eigenvalue weighted by atomic mass is 32.1. The lowest BCUT2D eigenvalue weighted by Crippen LogP contribution is -2.36. The van der Waals surface area contributed by atoms with Gasteiger partial charge in [-0.05, 0) is 46.5 Å². The van der Waals surface area contributed by atoms with E-state index in [0.29, 0.717) is 19.5 Å². The highest BCUT2D eigenvalue weighted by molar-refractivity contribution is 7.07. The first kappa shape index (κ1) is 15.1. The van der Waals surface area contributed by atoms with E-state index in [9.17, 15) is 9.59 Å². The van der Waals surface area contributed by atoms with Crippen molar-refractivity contribution in [3.05, 3.63) is 57.8 Å². The van der Waals surface area contributed by atoms with Gasteiger partial charge in [0.2, 0.25) is 0 Å². The van der Waals surface area contributed by atoms with Crippen molar-refractivity contribution in [2.24, 2.45) is 0 Å². The minimum atomic E-state index is -0.946. The molecule has 2 aromatic rings. The quantitative estimate of drug-likeness (QED) is 0.767. The lowest BCUT2D eigenvalue weighted by Gasteiger charge is -2.07. The minimum Gasteiger partial charge on any atom is -0.478 e. The molecule has 6 heteroatoms. The van der Waals surface area contributed by atoms with Gasteiger partial charge in [0.1, 0.15) is 0 Å². The van der Waals surface area contributed by atoms with Crippen LogP contribution in [0.5, 0.6) is 0 Å². The van der Waals surface area contributed by atoms with Gasteiger partial charge in [-0.2, -0.15) is 11.3 Å². The molecule has 0 atom stereocenters. The summed E-state index contributed by atoms with van der Waals surface area (Å²) < 4.78 is 0. The zero-order valence-electron chi connectivity index (χ0n) is 11.3. The zero-order chi connectivity index (χ0) is 15.1. The van der Waals surface area contributed by atoms with Crippen LogP contribution in [0.1, 0.15) is 21.5 Å². The molecule has 21 heavy (non-hydrogen) atoms. The Hall–Kier alpha value is -2.34. The Kier molecular flexibility index (Phi) is 5.34. The molecule has 2 amide bonds. The van der Waals surface area contributed by atoms with E-state index in [-0.39, 0.29) is 11.6 Å². The van der Waals surface area contributed by atoms with Crippen LogP contribution in [0.2, 0.25) is 0 Å². The second kappa shape index (κ2) is 7.44. The Morgan fingerprint density at radius 2 is 2.00 bits per heavy atom. The van der Waals surface area contributed by atoms with Crippen molar-refractivity contribution in [2.45, 2.75) is 13.0 Å². The van der Waals surface area contributed by atoms with Crippen LogP contribution < -0.4 is 10.6 Å². The summed E-state index contributed by atoms with van der Waals surface area (Å²) in [5.41, 5.74) is 2.21. The first-order valence-corrected chi connectivity index (χ1v) is 7.44. The molecule has 1 aromatic carbocycles. The van der Waals surface area contributed by atoms with E-state index in [2.05, 4.69) is 10.6 Å². The number of urea groups is 1. The maximum absolute atomic E-state index is 11.6. The van der Waals surface area contributed by atoms with E-state index in [0.717, 1.165) is 11.1 Å². The fourth-order valence-corrected chi connectivity index (χ4v) is 2.49. The number of carboxylic acid groups (broad SMARTS) is 1. The van der Waals surface area contributed by atoms with Gasteiger partial charge in [0.25, 0.3) is 0 Å². The number of carboxylic acids is 1. The maximum atomic E-state index is 11.6. The molecule has 5 nitrogen and oxygen atoms in total. The zero-order valence-corrected chi connectivity index (χ0v) is 12.2. The number of carbonyl (C=O) groups excluding carboxylic acids is 1. The minimum absolute atomic E-state index is 0.226. The van der Waals surface area contributed by atoms with Crippen molar-refractivity contribution in [3.8, 4) is 0 Å². The van der Waals surface area contributed by atoms with E-state index in [4.69, 9.17) is 5.11 Å². The Morgan fingerprint density at radius 3 is 2.71 bits per heavy atom. The lowest BCUT2D eigenvalue weighted by molar-refractivity contribution is 0.0696. The molecule has 1 heterocycles. The molecule has 110 valence electrons. The number of amides is 2. The monoisotopic (exact) mass is 304 g/mol.